The molecule has 0 unspecified atom stereocenters. The third-order valence-electron chi connectivity index (χ3n) is 5.07. The fraction of sp³-hybridized carbons (Fsp3) is 0.409. The summed E-state index contributed by atoms with van der Waals surface area (Å²) in [5.74, 6) is 0.871. The highest BCUT2D eigenvalue weighted by Crippen LogP contribution is 2.27. The molecule has 1 aliphatic rings. The molecule has 2 aromatic rings. The molecule has 1 heterocycles. The number of carbonyl (C=O) groups is 1. The van der Waals surface area contributed by atoms with E-state index in [4.69, 9.17) is 5.73 Å². The van der Waals surface area contributed by atoms with E-state index in [1.807, 2.05) is 47.4 Å². The molecule has 2 N–H and O–H groups in total. The first kappa shape index (κ1) is 18.5. The van der Waals surface area contributed by atoms with Gasteiger partial charge in [-0.3, -0.25) is 4.79 Å². The van der Waals surface area contributed by atoms with E-state index in [1.165, 1.54) is 5.56 Å². The molecule has 2 aromatic carbocycles. The van der Waals surface area contributed by atoms with Crippen molar-refractivity contribution in [2.75, 3.05) is 31.6 Å². The van der Waals surface area contributed by atoms with Crippen LogP contribution in [0.1, 0.15) is 35.7 Å². The molecule has 4 heteroatoms. The summed E-state index contributed by atoms with van der Waals surface area (Å²) in [7, 11) is 2.08. The first-order chi connectivity index (χ1) is 12.5. The first-order valence-electron chi connectivity index (χ1n) is 9.36. The molecule has 0 radical (unpaired) electrons. The van der Waals surface area contributed by atoms with E-state index in [9.17, 15) is 4.79 Å². The van der Waals surface area contributed by atoms with E-state index in [0.717, 1.165) is 17.8 Å². The Kier molecular flexibility index (Phi) is 5.62. The molecule has 0 aliphatic carbocycles. The third kappa shape index (κ3) is 4.07. The van der Waals surface area contributed by atoms with Gasteiger partial charge in [0.2, 0.25) is 0 Å². The number of rotatable bonds is 5. The molecule has 0 saturated carbocycles. The van der Waals surface area contributed by atoms with Gasteiger partial charge in [-0.05, 0) is 35.7 Å². The monoisotopic (exact) mass is 351 g/mol. The molecule has 26 heavy (non-hydrogen) atoms. The minimum atomic E-state index is -0.0159. The molecule has 1 fully saturated rings. The number of benzene rings is 2. The lowest BCUT2D eigenvalue weighted by Crippen LogP contribution is -2.32. The quantitative estimate of drug-likeness (QED) is 0.899. The zero-order valence-corrected chi connectivity index (χ0v) is 15.9. The number of hydrogen-bond acceptors (Lipinski definition) is 3. The summed E-state index contributed by atoms with van der Waals surface area (Å²) >= 11 is 0. The zero-order chi connectivity index (χ0) is 18.7. The Morgan fingerprint density at radius 1 is 1.12 bits per heavy atom. The number of nitrogens with two attached hydrogens (primary N) is 1. The summed E-state index contributed by atoms with van der Waals surface area (Å²) in [5, 5.41) is 0. The SMILES string of the molecule is CC(C)CN(C)c1ccc(C(=O)N2C[C@@H](N)[C@H](c3ccccc3)C2)cc1. The van der Waals surface area contributed by atoms with Gasteiger partial charge in [-0.25, -0.2) is 0 Å². The van der Waals surface area contributed by atoms with Gasteiger partial charge in [0.1, 0.15) is 0 Å². The van der Waals surface area contributed by atoms with Crippen LogP contribution in [0.15, 0.2) is 54.6 Å². The van der Waals surface area contributed by atoms with Crippen molar-refractivity contribution in [2.45, 2.75) is 25.8 Å². The van der Waals surface area contributed by atoms with Crippen LogP contribution in [0.25, 0.3) is 0 Å². The van der Waals surface area contributed by atoms with Crippen molar-refractivity contribution in [3.8, 4) is 0 Å². The molecule has 1 aliphatic heterocycles. The van der Waals surface area contributed by atoms with Crippen LogP contribution in [-0.2, 0) is 0 Å². The summed E-state index contributed by atoms with van der Waals surface area (Å²) in [4.78, 5) is 17.0. The Balaban J connectivity index is 1.68. The lowest BCUT2D eigenvalue weighted by atomic mass is 9.95. The largest absolute Gasteiger partial charge is 0.374 e. The van der Waals surface area contributed by atoms with Crippen molar-refractivity contribution in [3.63, 3.8) is 0 Å². The predicted molar refractivity (Wildman–Crippen MR) is 108 cm³/mol. The Hall–Kier alpha value is -2.33. The number of carbonyl (C=O) groups excluding carboxylic acids is 1. The highest BCUT2D eigenvalue weighted by atomic mass is 16.2. The predicted octanol–water partition coefficient (Wildman–Crippen LogP) is 3.35. The lowest BCUT2D eigenvalue weighted by Gasteiger charge is -2.22. The average Bonchev–Trinajstić information content (AvgIpc) is 3.03. The standard InChI is InChI=1S/C22H29N3O/c1-16(2)13-24(3)19-11-9-18(10-12-19)22(26)25-14-20(21(23)15-25)17-7-5-4-6-8-17/h4-12,16,20-21H,13-15,23H2,1-3H3/t20-,21+/m0/s1. The van der Waals surface area contributed by atoms with Crippen LogP contribution >= 0.6 is 0 Å². The van der Waals surface area contributed by atoms with Crippen LogP contribution in [0.4, 0.5) is 5.69 Å². The maximum atomic E-state index is 12.9. The van der Waals surface area contributed by atoms with Crippen LogP contribution in [0, 0.1) is 5.92 Å². The Morgan fingerprint density at radius 3 is 2.38 bits per heavy atom. The van der Waals surface area contributed by atoms with Crippen LogP contribution in [0.3, 0.4) is 0 Å². The van der Waals surface area contributed by atoms with Gasteiger partial charge >= 0.3 is 0 Å². The molecule has 2 atom stereocenters. The van der Waals surface area contributed by atoms with E-state index < -0.39 is 0 Å². The maximum absolute atomic E-state index is 12.9. The van der Waals surface area contributed by atoms with Crippen LogP contribution < -0.4 is 10.6 Å². The van der Waals surface area contributed by atoms with Crippen molar-refractivity contribution >= 4 is 11.6 Å². The summed E-state index contributed by atoms with van der Waals surface area (Å²) in [6.07, 6.45) is 0. The first-order valence-corrected chi connectivity index (χ1v) is 9.36. The summed E-state index contributed by atoms with van der Waals surface area (Å²) < 4.78 is 0. The van der Waals surface area contributed by atoms with Crippen molar-refractivity contribution in [3.05, 3.63) is 65.7 Å². The van der Waals surface area contributed by atoms with Gasteiger partial charge in [-0.2, -0.15) is 0 Å². The van der Waals surface area contributed by atoms with Gasteiger partial charge in [-0.15, -0.1) is 0 Å². The Bertz CT molecular complexity index is 727. The highest BCUT2D eigenvalue weighted by Gasteiger charge is 2.34. The maximum Gasteiger partial charge on any atom is 0.253 e. The number of likely N-dealkylation sites (tertiary alicyclic amines) is 1. The second-order valence-corrected chi connectivity index (χ2v) is 7.71. The average molecular weight is 351 g/mol. The normalized spacial score (nSPS) is 19.8. The highest BCUT2D eigenvalue weighted by molar-refractivity contribution is 5.95. The summed E-state index contributed by atoms with van der Waals surface area (Å²) in [6, 6.07) is 18.1. The molecular weight excluding hydrogens is 322 g/mol. The fourth-order valence-corrected chi connectivity index (χ4v) is 3.74. The number of anilines is 1. The smallest absolute Gasteiger partial charge is 0.253 e. The van der Waals surface area contributed by atoms with Crippen molar-refractivity contribution in [1.29, 1.82) is 0 Å². The van der Waals surface area contributed by atoms with Crippen molar-refractivity contribution in [1.82, 2.24) is 4.90 Å². The fourth-order valence-electron chi connectivity index (χ4n) is 3.74. The number of amides is 1. The summed E-state index contributed by atoms with van der Waals surface area (Å²) in [5.41, 5.74) is 9.40. The van der Waals surface area contributed by atoms with Gasteiger partial charge in [0.05, 0.1) is 0 Å². The number of nitrogens with zero attached hydrogens (tertiary/aromatic N) is 2. The molecule has 0 spiro atoms. The molecule has 3 rings (SSSR count). The van der Waals surface area contributed by atoms with Crippen molar-refractivity contribution < 1.29 is 4.79 Å². The van der Waals surface area contributed by atoms with Crippen LogP contribution in [-0.4, -0.2) is 43.5 Å². The molecule has 1 amide bonds. The Labute approximate surface area is 156 Å². The van der Waals surface area contributed by atoms with E-state index in [-0.39, 0.29) is 17.9 Å². The van der Waals surface area contributed by atoms with E-state index >= 15 is 0 Å². The molecule has 1 saturated heterocycles. The van der Waals surface area contributed by atoms with E-state index in [0.29, 0.717) is 19.0 Å². The zero-order valence-electron chi connectivity index (χ0n) is 15.9. The van der Waals surface area contributed by atoms with Gasteiger partial charge in [-0.1, -0.05) is 44.2 Å². The minimum absolute atomic E-state index is 0.0159. The van der Waals surface area contributed by atoms with Crippen LogP contribution in [0.2, 0.25) is 0 Å². The lowest BCUT2D eigenvalue weighted by molar-refractivity contribution is 0.0789. The second kappa shape index (κ2) is 7.92. The molecule has 0 bridgehead atoms. The van der Waals surface area contributed by atoms with Crippen molar-refractivity contribution in [2.24, 2.45) is 11.7 Å². The summed E-state index contributed by atoms with van der Waals surface area (Å²) in [6.45, 7) is 6.68. The topological polar surface area (TPSA) is 49.6 Å². The molecule has 0 aromatic heterocycles. The minimum Gasteiger partial charge on any atom is -0.374 e. The van der Waals surface area contributed by atoms with Crippen LogP contribution in [0.5, 0.6) is 0 Å². The van der Waals surface area contributed by atoms with Gasteiger partial charge in [0.15, 0.2) is 0 Å². The molecule has 4 nitrogen and oxygen atoms in total. The Morgan fingerprint density at radius 2 is 1.77 bits per heavy atom. The van der Waals surface area contributed by atoms with E-state index in [1.54, 1.807) is 0 Å². The van der Waals surface area contributed by atoms with Gasteiger partial charge < -0.3 is 15.5 Å². The molecular formula is C22H29N3O. The molecule has 138 valence electrons. The van der Waals surface area contributed by atoms with E-state index in [2.05, 4.69) is 37.9 Å². The second-order valence-electron chi connectivity index (χ2n) is 7.71. The van der Waals surface area contributed by atoms with Gasteiger partial charge in [0.25, 0.3) is 5.91 Å². The third-order valence-corrected chi connectivity index (χ3v) is 5.07. The van der Waals surface area contributed by atoms with Gasteiger partial charge in [0, 0.05) is 49.9 Å². The number of hydrogen-bond donors (Lipinski definition) is 1.